The Hall–Kier alpha value is -2.73. The highest BCUT2D eigenvalue weighted by atomic mass is 35.5. The summed E-state index contributed by atoms with van der Waals surface area (Å²) in [4.78, 5) is 4.60. The fraction of sp³-hybridized carbons (Fsp3) is 0.222. The Morgan fingerprint density at radius 3 is 2.80 bits per heavy atom. The van der Waals surface area contributed by atoms with Crippen LogP contribution in [0.15, 0.2) is 40.9 Å². The lowest BCUT2D eigenvalue weighted by atomic mass is 10.1. The van der Waals surface area contributed by atoms with Crippen molar-refractivity contribution in [1.82, 2.24) is 25.0 Å². The summed E-state index contributed by atoms with van der Waals surface area (Å²) < 4.78 is 7.52. The zero-order chi connectivity index (χ0) is 17.4. The molecule has 0 N–H and O–H groups in total. The molecule has 0 bridgehead atoms. The van der Waals surface area contributed by atoms with Crippen LogP contribution in [-0.4, -0.2) is 25.0 Å². The standard InChI is InChI=1S/C18H16ClN5O/c1-11-3-5-15-13(9-11)4-6-16(20-15)18-22-21-17(25-18)7-8-24-10-14(19)12(2)23-24/h3-6,9-10H,7-8H2,1-2H3. The molecule has 4 rings (SSSR count). The van der Waals surface area contributed by atoms with Gasteiger partial charge in [-0.25, -0.2) is 4.98 Å². The summed E-state index contributed by atoms with van der Waals surface area (Å²) in [5.41, 5.74) is 3.59. The highest BCUT2D eigenvalue weighted by Gasteiger charge is 2.11. The predicted octanol–water partition coefficient (Wildman–Crippen LogP) is 3.99. The molecule has 0 unspecified atom stereocenters. The van der Waals surface area contributed by atoms with Gasteiger partial charge in [-0.15, -0.1) is 10.2 Å². The Morgan fingerprint density at radius 1 is 1.12 bits per heavy atom. The summed E-state index contributed by atoms with van der Waals surface area (Å²) in [5.74, 6) is 0.970. The van der Waals surface area contributed by atoms with E-state index < -0.39 is 0 Å². The second-order valence-corrected chi connectivity index (χ2v) is 6.38. The van der Waals surface area contributed by atoms with Gasteiger partial charge >= 0.3 is 0 Å². The number of pyridine rings is 1. The van der Waals surface area contributed by atoms with Gasteiger partial charge in [0.25, 0.3) is 5.89 Å². The van der Waals surface area contributed by atoms with Crippen molar-refractivity contribution in [2.45, 2.75) is 26.8 Å². The molecule has 0 atom stereocenters. The fourth-order valence-corrected chi connectivity index (χ4v) is 2.79. The van der Waals surface area contributed by atoms with Crippen LogP contribution in [0.3, 0.4) is 0 Å². The highest BCUT2D eigenvalue weighted by Crippen LogP contribution is 2.21. The van der Waals surface area contributed by atoms with Gasteiger partial charge in [0, 0.05) is 24.5 Å². The van der Waals surface area contributed by atoms with Crippen molar-refractivity contribution in [2.24, 2.45) is 0 Å². The Bertz CT molecular complexity index is 1030. The summed E-state index contributed by atoms with van der Waals surface area (Å²) in [5, 5.41) is 14.3. The molecule has 7 heteroatoms. The van der Waals surface area contributed by atoms with Gasteiger partial charge in [0.1, 0.15) is 5.69 Å². The maximum absolute atomic E-state index is 6.01. The predicted molar refractivity (Wildman–Crippen MR) is 95.5 cm³/mol. The van der Waals surface area contributed by atoms with Crippen molar-refractivity contribution in [3.63, 3.8) is 0 Å². The van der Waals surface area contributed by atoms with E-state index in [0.717, 1.165) is 16.6 Å². The van der Waals surface area contributed by atoms with Crippen LogP contribution in [0.25, 0.3) is 22.5 Å². The molecule has 0 aliphatic rings. The Labute approximate surface area is 149 Å². The van der Waals surface area contributed by atoms with E-state index in [0.29, 0.717) is 35.5 Å². The molecule has 3 aromatic heterocycles. The van der Waals surface area contributed by atoms with Crippen LogP contribution in [0.2, 0.25) is 5.02 Å². The van der Waals surface area contributed by atoms with Crippen molar-refractivity contribution >= 4 is 22.5 Å². The van der Waals surface area contributed by atoms with Gasteiger partial charge < -0.3 is 4.42 Å². The molecular formula is C18H16ClN5O. The number of halogens is 1. The number of hydrogen-bond acceptors (Lipinski definition) is 5. The normalized spacial score (nSPS) is 11.3. The molecule has 0 spiro atoms. The molecule has 0 aliphatic heterocycles. The lowest BCUT2D eigenvalue weighted by Crippen LogP contribution is -2.02. The quantitative estimate of drug-likeness (QED) is 0.554. The number of fused-ring (bicyclic) bond motifs is 1. The van der Waals surface area contributed by atoms with Crippen LogP contribution >= 0.6 is 11.6 Å². The van der Waals surface area contributed by atoms with Gasteiger partial charge in [-0.2, -0.15) is 5.10 Å². The van der Waals surface area contributed by atoms with E-state index in [1.54, 1.807) is 10.9 Å². The van der Waals surface area contributed by atoms with Gasteiger partial charge in [0.15, 0.2) is 0 Å². The van der Waals surface area contributed by atoms with Gasteiger partial charge in [-0.05, 0) is 32.0 Å². The first kappa shape index (κ1) is 15.8. The highest BCUT2D eigenvalue weighted by molar-refractivity contribution is 6.31. The molecule has 25 heavy (non-hydrogen) atoms. The Balaban J connectivity index is 1.53. The maximum Gasteiger partial charge on any atom is 0.266 e. The molecule has 0 saturated carbocycles. The van der Waals surface area contributed by atoms with Crippen LogP contribution in [0.1, 0.15) is 17.1 Å². The van der Waals surface area contributed by atoms with Crippen LogP contribution in [0.4, 0.5) is 0 Å². The molecule has 0 saturated heterocycles. The minimum atomic E-state index is 0.423. The number of hydrogen-bond donors (Lipinski definition) is 0. The number of benzene rings is 1. The van der Waals surface area contributed by atoms with Crippen molar-refractivity contribution in [2.75, 3.05) is 0 Å². The molecule has 0 fully saturated rings. The zero-order valence-corrected chi connectivity index (χ0v) is 14.7. The zero-order valence-electron chi connectivity index (χ0n) is 13.9. The average molecular weight is 354 g/mol. The minimum absolute atomic E-state index is 0.423. The summed E-state index contributed by atoms with van der Waals surface area (Å²) in [6, 6.07) is 10.0. The van der Waals surface area contributed by atoms with Gasteiger partial charge in [0.2, 0.25) is 5.89 Å². The summed E-state index contributed by atoms with van der Waals surface area (Å²) >= 11 is 6.01. The van der Waals surface area contributed by atoms with E-state index in [-0.39, 0.29) is 0 Å². The van der Waals surface area contributed by atoms with Crippen molar-refractivity contribution < 1.29 is 4.42 Å². The molecule has 0 aliphatic carbocycles. The van der Waals surface area contributed by atoms with E-state index in [4.69, 9.17) is 16.0 Å². The number of rotatable bonds is 4. The van der Waals surface area contributed by atoms with Crippen LogP contribution < -0.4 is 0 Å². The van der Waals surface area contributed by atoms with E-state index in [1.165, 1.54) is 5.56 Å². The molecule has 0 amide bonds. The van der Waals surface area contributed by atoms with Crippen molar-refractivity contribution in [1.29, 1.82) is 0 Å². The molecule has 3 heterocycles. The van der Waals surface area contributed by atoms with Gasteiger partial charge in [-0.1, -0.05) is 29.3 Å². The fourth-order valence-electron chi connectivity index (χ4n) is 2.64. The summed E-state index contributed by atoms with van der Waals surface area (Å²) in [6.45, 7) is 4.56. The second kappa shape index (κ2) is 6.29. The molecule has 1 aromatic carbocycles. The van der Waals surface area contributed by atoms with Crippen molar-refractivity contribution in [3.8, 4) is 11.6 Å². The lowest BCUT2D eigenvalue weighted by Gasteiger charge is -2.00. The Morgan fingerprint density at radius 2 is 2.00 bits per heavy atom. The van der Waals surface area contributed by atoms with Crippen molar-refractivity contribution in [3.05, 3.63) is 58.7 Å². The molecule has 4 aromatic rings. The molecule has 0 radical (unpaired) electrons. The maximum atomic E-state index is 6.01. The second-order valence-electron chi connectivity index (χ2n) is 5.97. The average Bonchev–Trinajstić information content (AvgIpc) is 3.19. The van der Waals surface area contributed by atoms with E-state index in [1.807, 2.05) is 31.2 Å². The monoisotopic (exact) mass is 353 g/mol. The molecule has 6 nitrogen and oxygen atoms in total. The molecular weight excluding hydrogens is 338 g/mol. The van der Waals surface area contributed by atoms with E-state index in [2.05, 4.69) is 33.3 Å². The SMILES string of the molecule is Cc1ccc2nc(-c3nnc(CCn4cc(Cl)c(C)n4)o3)ccc2c1. The van der Waals surface area contributed by atoms with E-state index >= 15 is 0 Å². The number of aromatic nitrogens is 5. The van der Waals surface area contributed by atoms with Crippen LogP contribution in [0.5, 0.6) is 0 Å². The third-order valence-corrected chi connectivity index (χ3v) is 4.34. The molecule has 126 valence electrons. The first-order valence-corrected chi connectivity index (χ1v) is 8.36. The van der Waals surface area contributed by atoms with Gasteiger partial charge in [-0.3, -0.25) is 4.68 Å². The number of nitrogens with zero attached hydrogens (tertiary/aromatic N) is 5. The van der Waals surface area contributed by atoms with Gasteiger partial charge in [0.05, 0.1) is 16.2 Å². The minimum Gasteiger partial charge on any atom is -0.419 e. The summed E-state index contributed by atoms with van der Waals surface area (Å²) in [6.07, 6.45) is 2.37. The first-order valence-electron chi connectivity index (χ1n) is 7.98. The lowest BCUT2D eigenvalue weighted by molar-refractivity contribution is 0.473. The third-order valence-electron chi connectivity index (χ3n) is 3.97. The first-order chi connectivity index (χ1) is 12.1. The smallest absolute Gasteiger partial charge is 0.266 e. The topological polar surface area (TPSA) is 69.6 Å². The third kappa shape index (κ3) is 3.25. The van der Waals surface area contributed by atoms with E-state index in [9.17, 15) is 0 Å². The number of aryl methyl sites for hydroxylation is 4. The van der Waals surface area contributed by atoms with Crippen LogP contribution in [-0.2, 0) is 13.0 Å². The largest absolute Gasteiger partial charge is 0.419 e. The van der Waals surface area contributed by atoms with Crippen LogP contribution in [0, 0.1) is 13.8 Å². The summed E-state index contributed by atoms with van der Waals surface area (Å²) in [7, 11) is 0. The Kier molecular flexibility index (Phi) is 3.97.